The van der Waals surface area contributed by atoms with E-state index < -0.39 is 0 Å². The van der Waals surface area contributed by atoms with E-state index in [0.29, 0.717) is 24.2 Å². The van der Waals surface area contributed by atoms with Crippen molar-refractivity contribution in [2.45, 2.75) is 6.42 Å². The van der Waals surface area contributed by atoms with Gasteiger partial charge in [-0.3, -0.25) is 9.59 Å². The van der Waals surface area contributed by atoms with Gasteiger partial charge < -0.3 is 16.0 Å². The number of halogens is 1. The van der Waals surface area contributed by atoms with E-state index >= 15 is 0 Å². The van der Waals surface area contributed by atoms with Gasteiger partial charge in [0, 0.05) is 38.3 Å². The van der Waals surface area contributed by atoms with Crippen LogP contribution in [0, 0.1) is 0 Å². The van der Waals surface area contributed by atoms with Crippen LogP contribution in [0.15, 0.2) is 24.3 Å². The zero-order valence-electron chi connectivity index (χ0n) is 10.5. The van der Waals surface area contributed by atoms with E-state index in [0.717, 1.165) is 0 Å². The second kappa shape index (κ2) is 7.55. The maximum atomic E-state index is 11.6. The van der Waals surface area contributed by atoms with Crippen molar-refractivity contribution in [3.63, 3.8) is 0 Å². The van der Waals surface area contributed by atoms with Crippen molar-refractivity contribution in [3.05, 3.63) is 29.8 Å². The van der Waals surface area contributed by atoms with Crippen LogP contribution >= 0.6 is 12.4 Å². The highest BCUT2D eigenvalue weighted by molar-refractivity contribution is 5.94. The minimum Gasteiger partial charge on any atom is -0.399 e. The third-order valence-corrected chi connectivity index (χ3v) is 2.30. The van der Waals surface area contributed by atoms with Gasteiger partial charge in [-0.05, 0) is 24.3 Å². The molecule has 0 aliphatic heterocycles. The Morgan fingerprint density at radius 1 is 1.22 bits per heavy atom. The average Bonchev–Trinajstić information content (AvgIpc) is 2.29. The van der Waals surface area contributed by atoms with Gasteiger partial charge in [0.2, 0.25) is 5.91 Å². The number of nitrogens with zero attached hydrogens (tertiary/aromatic N) is 1. The number of nitrogens with one attached hydrogen (secondary N) is 1. The van der Waals surface area contributed by atoms with Crippen LogP contribution in [-0.2, 0) is 4.79 Å². The molecule has 0 aliphatic carbocycles. The van der Waals surface area contributed by atoms with Crippen LogP contribution in [0.5, 0.6) is 0 Å². The third kappa shape index (κ3) is 5.05. The lowest BCUT2D eigenvalue weighted by molar-refractivity contribution is -0.128. The molecule has 0 fully saturated rings. The van der Waals surface area contributed by atoms with Crippen molar-refractivity contribution in [1.82, 2.24) is 10.2 Å². The second-order valence-electron chi connectivity index (χ2n) is 3.92. The van der Waals surface area contributed by atoms with Crippen LogP contribution in [0.3, 0.4) is 0 Å². The van der Waals surface area contributed by atoms with Crippen molar-refractivity contribution in [2.24, 2.45) is 0 Å². The maximum Gasteiger partial charge on any atom is 0.251 e. The minimum absolute atomic E-state index is 0. The van der Waals surface area contributed by atoms with Crippen LogP contribution in [0.25, 0.3) is 0 Å². The van der Waals surface area contributed by atoms with Gasteiger partial charge >= 0.3 is 0 Å². The quantitative estimate of drug-likeness (QED) is 0.799. The number of hydrogen-bond acceptors (Lipinski definition) is 3. The Hall–Kier alpha value is -1.75. The fraction of sp³-hybridized carbons (Fsp3) is 0.333. The van der Waals surface area contributed by atoms with Gasteiger partial charge in [0.05, 0.1) is 0 Å². The molecule has 0 radical (unpaired) electrons. The molecule has 0 aliphatic rings. The molecule has 2 amide bonds. The lowest BCUT2D eigenvalue weighted by Gasteiger charge is -2.10. The number of amides is 2. The van der Waals surface area contributed by atoms with Crippen molar-refractivity contribution >= 4 is 29.9 Å². The normalized spacial score (nSPS) is 9.22. The molecule has 0 heterocycles. The summed E-state index contributed by atoms with van der Waals surface area (Å²) in [5.41, 5.74) is 6.67. The molecular weight excluding hydrogens is 254 g/mol. The lowest BCUT2D eigenvalue weighted by atomic mass is 10.2. The molecule has 0 atom stereocenters. The SMILES string of the molecule is CN(C)C(=O)CCNC(=O)c1ccc(N)cc1.Cl. The molecule has 5 nitrogen and oxygen atoms in total. The zero-order valence-corrected chi connectivity index (χ0v) is 11.3. The fourth-order valence-electron chi connectivity index (χ4n) is 1.24. The van der Waals surface area contributed by atoms with Crippen LogP contribution in [0.4, 0.5) is 5.69 Å². The molecule has 1 aromatic rings. The number of carbonyl (C=O) groups is 2. The second-order valence-corrected chi connectivity index (χ2v) is 3.92. The Kier molecular flexibility index (Phi) is 6.82. The number of hydrogen-bond donors (Lipinski definition) is 2. The minimum atomic E-state index is -0.198. The number of nitrogen functional groups attached to an aromatic ring is 1. The van der Waals surface area contributed by atoms with Crippen molar-refractivity contribution < 1.29 is 9.59 Å². The van der Waals surface area contributed by atoms with Crippen LogP contribution in [-0.4, -0.2) is 37.4 Å². The first-order chi connectivity index (χ1) is 8.00. The Morgan fingerprint density at radius 2 is 1.78 bits per heavy atom. The van der Waals surface area contributed by atoms with Gasteiger partial charge in [-0.1, -0.05) is 0 Å². The molecule has 18 heavy (non-hydrogen) atoms. The summed E-state index contributed by atoms with van der Waals surface area (Å²) < 4.78 is 0. The molecule has 0 saturated carbocycles. The summed E-state index contributed by atoms with van der Waals surface area (Å²) in [5.74, 6) is -0.209. The molecule has 6 heteroatoms. The maximum absolute atomic E-state index is 11.6. The monoisotopic (exact) mass is 271 g/mol. The van der Waals surface area contributed by atoms with E-state index in [2.05, 4.69) is 5.32 Å². The Labute approximate surface area is 113 Å². The summed E-state index contributed by atoms with van der Waals surface area (Å²) in [4.78, 5) is 24.4. The molecule has 0 bridgehead atoms. The van der Waals surface area contributed by atoms with E-state index in [9.17, 15) is 9.59 Å². The van der Waals surface area contributed by atoms with Gasteiger partial charge in [-0.15, -0.1) is 12.4 Å². The molecule has 3 N–H and O–H groups in total. The van der Waals surface area contributed by atoms with E-state index in [-0.39, 0.29) is 24.2 Å². The summed E-state index contributed by atoms with van der Waals surface area (Å²) in [6.45, 7) is 0.334. The van der Waals surface area contributed by atoms with E-state index in [1.807, 2.05) is 0 Å². The first-order valence-electron chi connectivity index (χ1n) is 5.34. The van der Waals surface area contributed by atoms with Crippen molar-refractivity contribution in [3.8, 4) is 0 Å². The number of benzene rings is 1. The Morgan fingerprint density at radius 3 is 2.28 bits per heavy atom. The number of carbonyl (C=O) groups excluding carboxylic acids is 2. The highest BCUT2D eigenvalue weighted by Crippen LogP contribution is 2.04. The largest absolute Gasteiger partial charge is 0.399 e. The molecule has 1 aromatic carbocycles. The fourth-order valence-corrected chi connectivity index (χ4v) is 1.24. The summed E-state index contributed by atoms with van der Waals surface area (Å²) in [5, 5.41) is 2.68. The van der Waals surface area contributed by atoms with Crippen LogP contribution < -0.4 is 11.1 Å². The first-order valence-corrected chi connectivity index (χ1v) is 5.34. The summed E-state index contributed by atoms with van der Waals surface area (Å²) >= 11 is 0. The molecule has 0 aromatic heterocycles. The average molecular weight is 272 g/mol. The number of rotatable bonds is 4. The highest BCUT2D eigenvalue weighted by Gasteiger charge is 2.07. The molecule has 0 unspecified atom stereocenters. The van der Waals surface area contributed by atoms with Gasteiger partial charge in [0.1, 0.15) is 0 Å². The summed E-state index contributed by atoms with van der Waals surface area (Å²) in [6, 6.07) is 6.64. The van der Waals surface area contributed by atoms with Gasteiger partial charge in [0.15, 0.2) is 0 Å². The Bertz CT molecular complexity index is 404. The predicted octanol–water partition coefficient (Wildman–Crippen LogP) is 0.899. The first kappa shape index (κ1) is 16.2. The highest BCUT2D eigenvalue weighted by atomic mass is 35.5. The molecule has 0 spiro atoms. The van der Waals surface area contributed by atoms with E-state index in [1.54, 1.807) is 38.4 Å². The zero-order chi connectivity index (χ0) is 12.8. The molecule has 0 saturated heterocycles. The topological polar surface area (TPSA) is 75.4 Å². The smallest absolute Gasteiger partial charge is 0.251 e. The molecule has 100 valence electrons. The standard InChI is InChI=1S/C12H17N3O2.ClH/c1-15(2)11(16)7-8-14-12(17)9-3-5-10(13)6-4-9;/h3-6H,7-8,13H2,1-2H3,(H,14,17);1H. The lowest BCUT2D eigenvalue weighted by Crippen LogP contribution is -2.30. The van der Waals surface area contributed by atoms with Crippen LogP contribution in [0.1, 0.15) is 16.8 Å². The summed E-state index contributed by atoms with van der Waals surface area (Å²) in [7, 11) is 3.37. The Balaban J connectivity index is 0.00000289. The molecular formula is C12H18ClN3O2. The van der Waals surface area contributed by atoms with Crippen LogP contribution in [0.2, 0.25) is 0 Å². The third-order valence-electron chi connectivity index (χ3n) is 2.30. The van der Waals surface area contributed by atoms with Gasteiger partial charge in [-0.25, -0.2) is 0 Å². The van der Waals surface area contributed by atoms with Gasteiger partial charge in [-0.2, -0.15) is 0 Å². The van der Waals surface area contributed by atoms with E-state index in [1.165, 1.54) is 4.90 Å². The number of nitrogens with two attached hydrogens (primary N) is 1. The van der Waals surface area contributed by atoms with Crippen molar-refractivity contribution in [1.29, 1.82) is 0 Å². The molecule has 1 rings (SSSR count). The predicted molar refractivity (Wildman–Crippen MR) is 73.7 cm³/mol. The van der Waals surface area contributed by atoms with Crippen molar-refractivity contribution in [2.75, 3.05) is 26.4 Å². The number of anilines is 1. The van der Waals surface area contributed by atoms with E-state index in [4.69, 9.17) is 5.73 Å². The van der Waals surface area contributed by atoms with Gasteiger partial charge in [0.25, 0.3) is 5.91 Å². The summed E-state index contributed by atoms with van der Waals surface area (Å²) in [6.07, 6.45) is 0.299.